The van der Waals surface area contributed by atoms with E-state index in [0.717, 1.165) is 0 Å². The molecule has 30 valence electrons. The fourth-order valence-corrected chi connectivity index (χ4v) is 0. The fraction of sp³-hybridized carbons (Fsp3) is 0. The maximum Gasteiger partial charge on any atom is 0 e. The molecular formula is Cr2Te3. The summed E-state index contributed by atoms with van der Waals surface area (Å²) in [6.45, 7) is 0. The monoisotopic (exact) mass is 494 g/mol. The summed E-state index contributed by atoms with van der Waals surface area (Å²) < 4.78 is 0. The Hall–Kier alpha value is 3.43. The molecule has 0 spiro atoms. The van der Waals surface area contributed by atoms with Crippen LogP contribution in [0.15, 0.2) is 0 Å². The summed E-state index contributed by atoms with van der Waals surface area (Å²) in [4.78, 5) is 0. The third-order valence-corrected chi connectivity index (χ3v) is 0. The molecule has 0 fully saturated rings. The maximum atomic E-state index is 2.64. The minimum atomic E-state index is 0. The van der Waals surface area contributed by atoms with Crippen LogP contribution >= 0.6 is 0 Å². The number of hydrogen-bond donors (Lipinski definition) is 0. The summed E-state index contributed by atoms with van der Waals surface area (Å²) in [6.07, 6.45) is 0. The topological polar surface area (TPSA) is 0 Å². The van der Waals surface area contributed by atoms with Gasteiger partial charge in [-0.1, -0.05) is 0 Å². The molecule has 0 saturated heterocycles. The van der Waals surface area contributed by atoms with Crippen LogP contribution in [0, 0.1) is 0 Å². The molecule has 0 saturated carbocycles. The van der Waals surface area contributed by atoms with Crippen LogP contribution in [0.1, 0.15) is 0 Å². The summed E-state index contributed by atoms with van der Waals surface area (Å²) in [5.41, 5.74) is 0. The first-order valence-corrected chi connectivity index (χ1v) is 9.22. The molecule has 0 rings (SSSR count). The summed E-state index contributed by atoms with van der Waals surface area (Å²) in [6, 6.07) is 0. The van der Waals surface area contributed by atoms with Gasteiger partial charge in [-0.3, -0.25) is 0 Å². The Morgan fingerprint density at radius 1 is 0.800 bits per heavy atom. The van der Waals surface area contributed by atoms with Gasteiger partial charge in [0.05, 0.1) is 0 Å². The van der Waals surface area contributed by atoms with Crippen molar-refractivity contribution in [3.63, 3.8) is 0 Å². The van der Waals surface area contributed by atoms with Crippen LogP contribution in [-0.2, 0) is 25.0 Å². The van der Waals surface area contributed by atoms with E-state index in [1.807, 2.05) is 38.8 Å². The van der Waals surface area contributed by atoms with Gasteiger partial charge in [0, 0.05) is 23.7 Å². The van der Waals surface area contributed by atoms with Gasteiger partial charge < -0.3 is 0 Å². The van der Waals surface area contributed by atoms with Gasteiger partial charge in [-0.25, -0.2) is 0 Å². The Morgan fingerprint density at radius 2 is 0.800 bits per heavy atom. The SMILES string of the molecule is [Cr]=[Te].[Cr]=[Te].[Te]. The zero-order chi connectivity index (χ0) is 4.00. The Morgan fingerprint density at radius 3 is 0.800 bits per heavy atom. The Balaban J connectivity index is -0.0000000133. The molecule has 2 radical (unpaired) electrons. The van der Waals surface area contributed by atoms with E-state index in [9.17, 15) is 0 Å². The van der Waals surface area contributed by atoms with Crippen molar-refractivity contribution >= 4 is 62.5 Å². The summed E-state index contributed by atoms with van der Waals surface area (Å²) >= 11 is 8.92. The van der Waals surface area contributed by atoms with Crippen LogP contribution in [0.2, 0.25) is 0 Å². The normalized spacial score (nSPS) is 1.60. The molecule has 0 atom stereocenters. The first-order chi connectivity index (χ1) is 2.00. The molecule has 0 aliphatic rings. The van der Waals surface area contributed by atoms with Crippen molar-refractivity contribution in [2.45, 2.75) is 0 Å². The molecule has 5 heavy (non-hydrogen) atoms. The van der Waals surface area contributed by atoms with Gasteiger partial charge in [0.2, 0.25) is 0 Å². The minimum absolute atomic E-state index is 0. The first-order valence-electron chi connectivity index (χ1n) is 0.333. The third kappa shape index (κ3) is 18.6. The molecule has 0 nitrogen and oxygen atoms in total. The van der Waals surface area contributed by atoms with E-state index in [1.54, 1.807) is 0 Å². The standard InChI is InChI=1S/2Cr.3Te. The number of rotatable bonds is 0. The fourth-order valence-electron chi connectivity index (χ4n) is 0. The largest absolute Gasteiger partial charge is 0 e. The van der Waals surface area contributed by atoms with Crippen molar-refractivity contribution in [1.29, 1.82) is 0 Å². The zero-order valence-corrected chi connectivity index (χ0v) is 11.6. The van der Waals surface area contributed by atoms with Crippen molar-refractivity contribution in [3.8, 4) is 0 Å². The molecule has 0 aliphatic heterocycles. The Kier molecular flexibility index (Phi) is 82.4. The quantitative estimate of drug-likeness (QED) is 0.380. The maximum absolute atomic E-state index is 2.64. The van der Waals surface area contributed by atoms with Gasteiger partial charge in [0.1, 0.15) is 0 Å². The Bertz CT molecular complexity index is 6.85. The molecule has 0 bridgehead atoms. The minimum Gasteiger partial charge on any atom is 0 e. The second kappa shape index (κ2) is 26.1. The second-order valence-corrected chi connectivity index (χ2v) is 0. The predicted octanol–water partition coefficient (Wildman–Crippen LogP) is -1.15. The van der Waals surface area contributed by atoms with Crippen molar-refractivity contribution in [2.24, 2.45) is 0 Å². The Labute approximate surface area is 85.4 Å². The van der Waals surface area contributed by atoms with Gasteiger partial charge in [0.25, 0.3) is 0 Å². The van der Waals surface area contributed by atoms with Crippen molar-refractivity contribution in [1.82, 2.24) is 0 Å². The van der Waals surface area contributed by atoms with Crippen molar-refractivity contribution in [3.05, 3.63) is 0 Å². The molecule has 0 unspecified atom stereocenters. The molecule has 5 heteroatoms. The third-order valence-electron chi connectivity index (χ3n) is 0. The van der Waals surface area contributed by atoms with Gasteiger partial charge in [0.15, 0.2) is 0 Å². The average molecular weight is 487 g/mol. The predicted molar refractivity (Wildman–Crippen MR) is 17.3 cm³/mol. The van der Waals surface area contributed by atoms with E-state index in [-0.39, 0.29) is 23.7 Å². The molecular weight excluding hydrogens is 487 g/mol. The van der Waals surface area contributed by atoms with Crippen LogP contribution in [-0.4, -0.2) is 62.5 Å². The van der Waals surface area contributed by atoms with Gasteiger partial charge in [-0.15, -0.1) is 0 Å². The van der Waals surface area contributed by atoms with E-state index in [2.05, 4.69) is 25.0 Å². The van der Waals surface area contributed by atoms with Crippen LogP contribution in [0.25, 0.3) is 0 Å². The van der Waals surface area contributed by atoms with E-state index >= 15 is 0 Å². The molecule has 0 N–H and O–H groups in total. The molecule has 0 aliphatic carbocycles. The first kappa shape index (κ1) is 15.8. The van der Waals surface area contributed by atoms with Gasteiger partial charge in [-0.05, 0) is 0 Å². The molecule has 0 amide bonds. The van der Waals surface area contributed by atoms with E-state index in [4.69, 9.17) is 0 Å². The molecule has 0 aromatic rings. The molecule has 0 aromatic heterocycles. The van der Waals surface area contributed by atoms with Gasteiger partial charge in [-0.2, -0.15) is 0 Å². The van der Waals surface area contributed by atoms with E-state index in [0.29, 0.717) is 0 Å². The van der Waals surface area contributed by atoms with Crippen LogP contribution in [0.4, 0.5) is 0 Å². The van der Waals surface area contributed by atoms with E-state index < -0.39 is 0 Å². The number of hydrogen-bond acceptors (Lipinski definition) is 0. The van der Waals surface area contributed by atoms with Crippen molar-refractivity contribution < 1.29 is 25.0 Å². The smallest absolute Gasteiger partial charge is 0 e. The second-order valence-electron chi connectivity index (χ2n) is 0. The van der Waals surface area contributed by atoms with Crippen LogP contribution < -0.4 is 0 Å². The van der Waals surface area contributed by atoms with Gasteiger partial charge >= 0.3 is 63.8 Å². The van der Waals surface area contributed by atoms with Crippen LogP contribution in [0.3, 0.4) is 0 Å². The zero-order valence-electron chi connectivity index (χ0n) is 2.04. The summed E-state index contributed by atoms with van der Waals surface area (Å²) in [5, 5.41) is 0. The van der Waals surface area contributed by atoms with Crippen molar-refractivity contribution in [2.75, 3.05) is 0 Å². The average Bonchev–Trinajstić information content (AvgIpc) is 1.50. The van der Waals surface area contributed by atoms with E-state index in [1.165, 1.54) is 0 Å². The molecule has 0 aromatic carbocycles. The van der Waals surface area contributed by atoms with Crippen LogP contribution in [0.5, 0.6) is 0 Å². The summed E-state index contributed by atoms with van der Waals surface area (Å²) in [7, 11) is 0. The molecule has 0 heterocycles. The summed E-state index contributed by atoms with van der Waals surface area (Å²) in [5.74, 6) is 0.